The van der Waals surface area contributed by atoms with Gasteiger partial charge in [0.05, 0.1) is 10.9 Å². The average molecular weight is 424 g/mol. The van der Waals surface area contributed by atoms with E-state index in [1.807, 2.05) is 0 Å². The number of benzene rings is 2. The van der Waals surface area contributed by atoms with E-state index in [0.717, 1.165) is 12.1 Å². The average Bonchev–Trinajstić information content (AvgIpc) is 2.68. The van der Waals surface area contributed by atoms with E-state index in [4.69, 9.17) is 0 Å². The van der Waals surface area contributed by atoms with Gasteiger partial charge in [0.15, 0.2) is 17.4 Å². The molecule has 0 radical (unpaired) electrons. The van der Waals surface area contributed by atoms with Crippen LogP contribution in [-0.2, 0) is 14.8 Å². The van der Waals surface area contributed by atoms with Crippen molar-refractivity contribution in [3.63, 3.8) is 0 Å². The predicted molar refractivity (Wildman–Crippen MR) is 104 cm³/mol. The van der Waals surface area contributed by atoms with Crippen LogP contribution < -0.4 is 4.72 Å². The number of sulfonamides is 1. The summed E-state index contributed by atoms with van der Waals surface area (Å²) >= 11 is 0. The smallest absolute Gasteiger partial charge is 0.240 e. The van der Waals surface area contributed by atoms with Gasteiger partial charge in [-0.05, 0) is 43.7 Å². The summed E-state index contributed by atoms with van der Waals surface area (Å²) in [7, 11) is -2.33. The van der Waals surface area contributed by atoms with E-state index in [1.54, 1.807) is 6.92 Å². The molecular weight excluding hydrogens is 402 g/mol. The van der Waals surface area contributed by atoms with Crippen LogP contribution in [0.4, 0.5) is 8.78 Å². The molecule has 0 fully saturated rings. The SMILES string of the molecule is CC(=O)c1ccc(S(=O)(=O)NCCC(=O)N(C)[C@@H](C)c2ccc(F)c(F)c2)cc1. The lowest BCUT2D eigenvalue weighted by molar-refractivity contribution is -0.131. The second-order valence-corrected chi connectivity index (χ2v) is 8.35. The van der Waals surface area contributed by atoms with Gasteiger partial charge in [-0.3, -0.25) is 9.59 Å². The molecule has 2 aromatic rings. The van der Waals surface area contributed by atoms with E-state index >= 15 is 0 Å². The zero-order chi connectivity index (χ0) is 21.8. The van der Waals surface area contributed by atoms with Crippen molar-refractivity contribution in [2.45, 2.75) is 31.2 Å². The Morgan fingerprint density at radius 2 is 1.69 bits per heavy atom. The number of hydrogen-bond acceptors (Lipinski definition) is 4. The van der Waals surface area contributed by atoms with Gasteiger partial charge in [-0.1, -0.05) is 18.2 Å². The molecule has 0 spiro atoms. The Labute approximate surface area is 168 Å². The number of hydrogen-bond donors (Lipinski definition) is 1. The summed E-state index contributed by atoms with van der Waals surface area (Å²) in [5, 5.41) is 0. The molecule has 1 atom stereocenters. The zero-order valence-corrected chi connectivity index (χ0v) is 17.1. The fourth-order valence-electron chi connectivity index (χ4n) is 2.63. The molecule has 2 rings (SSSR count). The van der Waals surface area contributed by atoms with Crippen molar-refractivity contribution < 1.29 is 26.8 Å². The standard InChI is InChI=1S/C20H22F2N2O4S/c1-13(16-6-9-18(21)19(22)12-16)24(3)20(26)10-11-23-29(27,28)17-7-4-15(5-8-17)14(2)25/h4-9,12-13,23H,10-11H2,1-3H3/t13-/m0/s1. The minimum Gasteiger partial charge on any atom is -0.339 e. The predicted octanol–water partition coefficient (Wildman–Crippen LogP) is 3.06. The van der Waals surface area contributed by atoms with Crippen LogP contribution in [0.5, 0.6) is 0 Å². The molecule has 29 heavy (non-hydrogen) atoms. The Bertz CT molecular complexity index is 1010. The van der Waals surface area contributed by atoms with E-state index in [2.05, 4.69) is 4.72 Å². The summed E-state index contributed by atoms with van der Waals surface area (Å²) in [5.74, 6) is -2.51. The van der Waals surface area contributed by atoms with E-state index < -0.39 is 27.7 Å². The summed E-state index contributed by atoms with van der Waals surface area (Å²) in [6.45, 7) is 2.90. The number of rotatable bonds is 8. The summed E-state index contributed by atoms with van der Waals surface area (Å²) in [4.78, 5) is 24.9. The van der Waals surface area contributed by atoms with Gasteiger partial charge in [0.25, 0.3) is 0 Å². The first kappa shape index (κ1) is 22.6. The number of amides is 1. The third-order valence-electron chi connectivity index (χ3n) is 4.60. The maximum absolute atomic E-state index is 13.4. The Hall–Kier alpha value is -2.65. The van der Waals surface area contributed by atoms with Gasteiger partial charge in [-0.2, -0.15) is 0 Å². The molecule has 0 aliphatic heterocycles. The first-order valence-electron chi connectivity index (χ1n) is 8.84. The Kier molecular flexibility index (Phi) is 7.21. The number of Topliss-reactive ketones (excluding diaryl/α,β-unsaturated/α-hetero) is 1. The molecule has 0 aliphatic carbocycles. The highest BCUT2D eigenvalue weighted by Gasteiger charge is 2.20. The monoisotopic (exact) mass is 424 g/mol. The van der Waals surface area contributed by atoms with E-state index in [9.17, 15) is 26.8 Å². The largest absolute Gasteiger partial charge is 0.339 e. The number of halogens is 2. The molecule has 1 amide bonds. The first-order chi connectivity index (χ1) is 13.5. The zero-order valence-electron chi connectivity index (χ0n) is 16.3. The van der Waals surface area contributed by atoms with Crippen LogP contribution in [0.1, 0.15) is 42.2 Å². The van der Waals surface area contributed by atoms with Crippen molar-refractivity contribution in [2.75, 3.05) is 13.6 Å². The number of nitrogens with zero attached hydrogens (tertiary/aromatic N) is 1. The molecule has 0 heterocycles. The number of carbonyl (C=O) groups excluding carboxylic acids is 2. The fraction of sp³-hybridized carbons (Fsp3) is 0.300. The van der Waals surface area contributed by atoms with Gasteiger partial charge < -0.3 is 4.90 Å². The van der Waals surface area contributed by atoms with E-state index in [-0.39, 0.29) is 29.6 Å². The van der Waals surface area contributed by atoms with Crippen molar-refractivity contribution in [2.24, 2.45) is 0 Å². The molecule has 0 aromatic heterocycles. The van der Waals surface area contributed by atoms with Gasteiger partial charge in [0.1, 0.15) is 0 Å². The van der Waals surface area contributed by atoms with Crippen LogP contribution in [0.25, 0.3) is 0 Å². The van der Waals surface area contributed by atoms with Gasteiger partial charge in [0, 0.05) is 25.6 Å². The summed E-state index contributed by atoms with van der Waals surface area (Å²) in [6.07, 6.45) is -0.116. The topological polar surface area (TPSA) is 83.5 Å². The molecule has 0 saturated carbocycles. The highest BCUT2D eigenvalue weighted by molar-refractivity contribution is 7.89. The Morgan fingerprint density at radius 1 is 1.07 bits per heavy atom. The second-order valence-electron chi connectivity index (χ2n) is 6.58. The summed E-state index contributed by atoms with van der Waals surface area (Å²) in [6, 6.07) is 8.35. The van der Waals surface area contributed by atoms with Crippen LogP contribution in [-0.4, -0.2) is 38.6 Å². The van der Waals surface area contributed by atoms with Gasteiger partial charge in [-0.25, -0.2) is 21.9 Å². The molecule has 0 bridgehead atoms. The molecule has 0 unspecified atom stereocenters. The third kappa shape index (κ3) is 5.68. The molecule has 1 N–H and O–H groups in total. The maximum atomic E-state index is 13.4. The quantitative estimate of drug-likeness (QED) is 0.661. The van der Waals surface area contributed by atoms with Gasteiger partial charge in [0.2, 0.25) is 15.9 Å². The molecule has 0 saturated heterocycles. The summed E-state index contributed by atoms with van der Waals surface area (Å²) in [5.41, 5.74) is 0.817. The lowest BCUT2D eigenvalue weighted by atomic mass is 10.1. The molecule has 2 aromatic carbocycles. The van der Waals surface area contributed by atoms with Crippen molar-refractivity contribution in [1.82, 2.24) is 9.62 Å². The van der Waals surface area contributed by atoms with Crippen LogP contribution in [0, 0.1) is 11.6 Å². The van der Waals surface area contributed by atoms with Crippen molar-refractivity contribution in [3.05, 3.63) is 65.2 Å². The first-order valence-corrected chi connectivity index (χ1v) is 10.3. The number of ketones is 1. The Morgan fingerprint density at radius 3 is 2.24 bits per heavy atom. The third-order valence-corrected chi connectivity index (χ3v) is 6.08. The molecule has 156 valence electrons. The van der Waals surface area contributed by atoms with Crippen molar-refractivity contribution in [3.8, 4) is 0 Å². The molecule has 0 aliphatic rings. The molecule has 9 heteroatoms. The van der Waals surface area contributed by atoms with E-state index in [0.29, 0.717) is 11.1 Å². The Balaban J connectivity index is 1.95. The van der Waals surface area contributed by atoms with Gasteiger partial charge in [-0.15, -0.1) is 0 Å². The fourth-order valence-corrected chi connectivity index (χ4v) is 3.66. The second kappa shape index (κ2) is 9.23. The number of carbonyl (C=O) groups is 2. The molecular formula is C20H22F2N2O4S. The van der Waals surface area contributed by atoms with Crippen molar-refractivity contribution >= 4 is 21.7 Å². The lowest BCUT2D eigenvalue weighted by Gasteiger charge is -2.25. The minimum absolute atomic E-state index is 0.0153. The van der Waals surface area contributed by atoms with Crippen LogP contribution in [0.2, 0.25) is 0 Å². The summed E-state index contributed by atoms with van der Waals surface area (Å²) < 4.78 is 53.4. The maximum Gasteiger partial charge on any atom is 0.240 e. The lowest BCUT2D eigenvalue weighted by Crippen LogP contribution is -2.33. The van der Waals surface area contributed by atoms with Crippen LogP contribution in [0.3, 0.4) is 0 Å². The highest BCUT2D eigenvalue weighted by atomic mass is 32.2. The van der Waals surface area contributed by atoms with E-state index in [1.165, 1.54) is 49.2 Å². The normalized spacial score (nSPS) is 12.4. The number of nitrogens with one attached hydrogen (secondary N) is 1. The van der Waals surface area contributed by atoms with Crippen LogP contribution in [0.15, 0.2) is 47.4 Å². The molecule has 6 nitrogen and oxygen atoms in total. The highest BCUT2D eigenvalue weighted by Crippen LogP contribution is 2.21. The van der Waals surface area contributed by atoms with Crippen LogP contribution >= 0.6 is 0 Å². The van der Waals surface area contributed by atoms with Gasteiger partial charge >= 0.3 is 0 Å². The minimum atomic E-state index is -3.83. The van der Waals surface area contributed by atoms with Crippen molar-refractivity contribution in [1.29, 1.82) is 0 Å².